The molecule has 0 bridgehead atoms. The number of hydrogen-bond acceptors (Lipinski definition) is 4. The molecule has 1 unspecified atom stereocenters. The molecule has 0 heterocycles. The lowest BCUT2D eigenvalue weighted by Crippen LogP contribution is -2.15. The van der Waals surface area contributed by atoms with Gasteiger partial charge in [0.25, 0.3) is 0 Å². The van der Waals surface area contributed by atoms with Crippen molar-refractivity contribution in [2.75, 3.05) is 26.9 Å². The maximum Gasteiger partial charge on any atom is 0.508 e. The molecule has 4 nitrogen and oxygen atoms in total. The van der Waals surface area contributed by atoms with Crippen molar-refractivity contribution >= 4 is 6.16 Å². The van der Waals surface area contributed by atoms with Crippen molar-refractivity contribution in [3.05, 3.63) is 0 Å². The van der Waals surface area contributed by atoms with Crippen LogP contribution < -0.4 is 0 Å². The summed E-state index contributed by atoms with van der Waals surface area (Å²) in [6.07, 6.45) is 0.378. The molecule has 0 rings (SSSR count). The van der Waals surface area contributed by atoms with Crippen LogP contribution in [0.3, 0.4) is 0 Å². The fraction of sp³-hybridized carbons (Fsp3) is 0.889. The molecule has 0 amide bonds. The Balaban J connectivity index is 3.30. The average molecular weight is 190 g/mol. The van der Waals surface area contributed by atoms with E-state index >= 15 is 0 Å². The van der Waals surface area contributed by atoms with Crippen LogP contribution in [-0.2, 0) is 14.2 Å². The Labute approximate surface area is 79.2 Å². The molecule has 0 fully saturated rings. The molecule has 0 aliphatic heterocycles. The number of hydrogen-bond donors (Lipinski definition) is 0. The highest BCUT2D eigenvalue weighted by Gasteiger charge is 2.05. The highest BCUT2D eigenvalue weighted by atomic mass is 16.7. The zero-order chi connectivity index (χ0) is 10.1. The van der Waals surface area contributed by atoms with Crippen LogP contribution in [0.2, 0.25) is 0 Å². The number of methoxy groups -OCH3 is 1. The van der Waals surface area contributed by atoms with Crippen LogP contribution in [-0.4, -0.2) is 33.1 Å². The van der Waals surface area contributed by atoms with Gasteiger partial charge in [-0.1, -0.05) is 20.3 Å². The Bertz CT molecular complexity index is 136. The second-order valence-electron chi connectivity index (χ2n) is 2.92. The van der Waals surface area contributed by atoms with Crippen molar-refractivity contribution in [2.45, 2.75) is 20.3 Å². The summed E-state index contributed by atoms with van der Waals surface area (Å²) in [5.41, 5.74) is 0. The van der Waals surface area contributed by atoms with Gasteiger partial charge in [-0.25, -0.2) is 4.79 Å². The maximum absolute atomic E-state index is 10.8. The Kier molecular flexibility index (Phi) is 7.39. The lowest BCUT2D eigenvalue weighted by Gasteiger charge is -2.09. The normalized spacial score (nSPS) is 12.2. The Morgan fingerprint density at radius 3 is 2.54 bits per heavy atom. The van der Waals surface area contributed by atoms with Crippen LogP contribution >= 0.6 is 0 Å². The smallest absolute Gasteiger partial charge is 0.434 e. The van der Waals surface area contributed by atoms with Gasteiger partial charge in [0.15, 0.2) is 0 Å². The Hall–Kier alpha value is -0.770. The zero-order valence-electron chi connectivity index (χ0n) is 8.54. The fourth-order valence-electron chi connectivity index (χ4n) is 0.578. The fourth-order valence-corrected chi connectivity index (χ4v) is 0.578. The number of rotatable bonds is 6. The molecule has 0 aliphatic carbocycles. The Morgan fingerprint density at radius 2 is 2.00 bits per heavy atom. The minimum Gasteiger partial charge on any atom is -0.434 e. The van der Waals surface area contributed by atoms with E-state index in [0.717, 1.165) is 6.42 Å². The van der Waals surface area contributed by atoms with Gasteiger partial charge in [0.05, 0.1) is 13.2 Å². The summed E-state index contributed by atoms with van der Waals surface area (Å²) in [4.78, 5) is 10.8. The van der Waals surface area contributed by atoms with Crippen molar-refractivity contribution in [1.29, 1.82) is 0 Å². The van der Waals surface area contributed by atoms with E-state index in [2.05, 4.69) is 0 Å². The summed E-state index contributed by atoms with van der Waals surface area (Å²) < 4.78 is 14.2. The van der Waals surface area contributed by atoms with Gasteiger partial charge in [-0.15, -0.1) is 0 Å². The Morgan fingerprint density at radius 1 is 1.31 bits per heavy atom. The number of ether oxygens (including phenoxy) is 3. The molecular weight excluding hydrogens is 172 g/mol. The average Bonchev–Trinajstić information content (AvgIpc) is 2.14. The van der Waals surface area contributed by atoms with Crippen LogP contribution in [0.4, 0.5) is 4.79 Å². The third-order valence-electron chi connectivity index (χ3n) is 1.69. The lowest BCUT2D eigenvalue weighted by molar-refractivity contribution is 0.0293. The van der Waals surface area contributed by atoms with Crippen LogP contribution in [0.1, 0.15) is 20.3 Å². The molecule has 4 heteroatoms. The van der Waals surface area contributed by atoms with E-state index in [1.54, 1.807) is 7.11 Å². The van der Waals surface area contributed by atoms with E-state index < -0.39 is 6.16 Å². The van der Waals surface area contributed by atoms with E-state index in [1.807, 2.05) is 13.8 Å². The predicted molar refractivity (Wildman–Crippen MR) is 48.6 cm³/mol. The summed E-state index contributed by atoms with van der Waals surface area (Å²) in [6.45, 7) is 5.13. The standard InChI is InChI=1S/C9H18O4/c1-4-8(2)7-13-9(10)12-6-5-11-3/h8H,4-7H2,1-3H3. The van der Waals surface area contributed by atoms with Gasteiger partial charge >= 0.3 is 6.16 Å². The van der Waals surface area contributed by atoms with Crippen LogP contribution in [0.15, 0.2) is 0 Å². The first-order valence-corrected chi connectivity index (χ1v) is 4.49. The zero-order valence-corrected chi connectivity index (χ0v) is 8.54. The van der Waals surface area contributed by atoms with Crippen molar-refractivity contribution in [3.8, 4) is 0 Å². The van der Waals surface area contributed by atoms with E-state index in [0.29, 0.717) is 19.1 Å². The number of carbonyl (C=O) groups excluding carboxylic acids is 1. The van der Waals surface area contributed by atoms with Crippen LogP contribution in [0.5, 0.6) is 0 Å². The topological polar surface area (TPSA) is 44.8 Å². The maximum atomic E-state index is 10.8. The second-order valence-corrected chi connectivity index (χ2v) is 2.92. The molecule has 0 aromatic heterocycles. The molecule has 13 heavy (non-hydrogen) atoms. The first-order valence-electron chi connectivity index (χ1n) is 4.49. The van der Waals surface area contributed by atoms with Gasteiger partial charge in [-0.2, -0.15) is 0 Å². The lowest BCUT2D eigenvalue weighted by atomic mass is 10.1. The minimum atomic E-state index is -0.614. The molecule has 0 radical (unpaired) electrons. The SMILES string of the molecule is CCC(C)COC(=O)OCCOC. The van der Waals surface area contributed by atoms with Gasteiger partial charge in [0.1, 0.15) is 6.61 Å². The quantitative estimate of drug-likeness (QED) is 0.473. The molecule has 0 saturated heterocycles. The first-order chi connectivity index (χ1) is 6.20. The molecule has 0 N–H and O–H groups in total. The molecule has 78 valence electrons. The molecular formula is C9H18O4. The van der Waals surface area contributed by atoms with Gasteiger partial charge < -0.3 is 14.2 Å². The summed E-state index contributed by atoms with van der Waals surface area (Å²) >= 11 is 0. The number of carbonyl (C=O) groups is 1. The van der Waals surface area contributed by atoms with Crippen molar-refractivity contribution in [3.63, 3.8) is 0 Å². The third kappa shape index (κ3) is 7.59. The van der Waals surface area contributed by atoms with Crippen molar-refractivity contribution in [1.82, 2.24) is 0 Å². The van der Waals surface area contributed by atoms with Crippen molar-refractivity contribution in [2.24, 2.45) is 5.92 Å². The van der Waals surface area contributed by atoms with Gasteiger partial charge in [-0.05, 0) is 5.92 Å². The van der Waals surface area contributed by atoms with Crippen molar-refractivity contribution < 1.29 is 19.0 Å². The van der Waals surface area contributed by atoms with E-state index in [1.165, 1.54) is 0 Å². The highest BCUT2D eigenvalue weighted by Crippen LogP contribution is 2.01. The van der Waals surface area contributed by atoms with E-state index in [4.69, 9.17) is 14.2 Å². The molecule has 0 aliphatic rings. The third-order valence-corrected chi connectivity index (χ3v) is 1.69. The molecule has 0 spiro atoms. The van der Waals surface area contributed by atoms with Gasteiger partial charge in [0.2, 0.25) is 0 Å². The highest BCUT2D eigenvalue weighted by molar-refractivity contribution is 5.59. The minimum absolute atomic E-state index is 0.246. The predicted octanol–water partition coefficient (Wildman–Crippen LogP) is 1.83. The van der Waals surface area contributed by atoms with Crippen LogP contribution in [0, 0.1) is 5.92 Å². The first kappa shape index (κ1) is 12.2. The summed E-state index contributed by atoms with van der Waals surface area (Å²) in [7, 11) is 1.55. The summed E-state index contributed by atoms with van der Waals surface area (Å²) in [5.74, 6) is 0.384. The summed E-state index contributed by atoms with van der Waals surface area (Å²) in [5, 5.41) is 0. The van der Waals surface area contributed by atoms with E-state index in [-0.39, 0.29) is 6.61 Å². The van der Waals surface area contributed by atoms with Gasteiger partial charge in [-0.3, -0.25) is 0 Å². The summed E-state index contributed by atoms with van der Waals surface area (Å²) in [6, 6.07) is 0. The largest absolute Gasteiger partial charge is 0.508 e. The van der Waals surface area contributed by atoms with Crippen LogP contribution in [0.25, 0.3) is 0 Å². The van der Waals surface area contributed by atoms with E-state index in [9.17, 15) is 4.79 Å². The second kappa shape index (κ2) is 7.86. The molecule has 1 atom stereocenters. The molecule has 0 aromatic carbocycles. The molecule has 0 saturated carbocycles. The van der Waals surface area contributed by atoms with Gasteiger partial charge in [0, 0.05) is 7.11 Å². The monoisotopic (exact) mass is 190 g/mol. The molecule has 0 aromatic rings.